The van der Waals surface area contributed by atoms with E-state index in [1.54, 1.807) is 0 Å². The van der Waals surface area contributed by atoms with Gasteiger partial charge in [0.05, 0.1) is 0 Å². The third-order valence-electron chi connectivity index (χ3n) is 5.80. The third-order valence-corrected chi connectivity index (χ3v) is 5.80. The van der Waals surface area contributed by atoms with Gasteiger partial charge in [0.1, 0.15) is 0 Å². The Balaban J connectivity index is 1.73. The molecule has 0 aliphatic heterocycles. The Labute approximate surface area is 172 Å². The fourth-order valence-corrected chi connectivity index (χ4v) is 4.27. The number of fused-ring (bicyclic) bond motifs is 6. The zero-order valence-electron chi connectivity index (χ0n) is 17.2. The van der Waals surface area contributed by atoms with Gasteiger partial charge in [-0.15, -0.1) is 0 Å². The number of anilines is 2. The molecule has 5 aromatic rings. The lowest BCUT2D eigenvalue weighted by Crippen LogP contribution is -2.10. The number of hydrogen-bond acceptors (Lipinski definition) is 1. The molecule has 0 aliphatic carbocycles. The van der Waals surface area contributed by atoms with Crippen molar-refractivity contribution < 1.29 is 0 Å². The summed E-state index contributed by atoms with van der Waals surface area (Å²) in [5.41, 5.74) is 3.76. The molecular formula is C28H25N. The summed E-state index contributed by atoms with van der Waals surface area (Å²) in [5.74, 6) is 0. The van der Waals surface area contributed by atoms with E-state index < -0.39 is 0 Å². The van der Waals surface area contributed by atoms with Crippen LogP contribution in [0.4, 0.5) is 11.4 Å². The van der Waals surface area contributed by atoms with Gasteiger partial charge in [-0.3, -0.25) is 0 Å². The maximum atomic E-state index is 3.68. The Kier molecular flexibility index (Phi) is 4.06. The fourth-order valence-electron chi connectivity index (χ4n) is 4.27. The van der Waals surface area contributed by atoms with Gasteiger partial charge in [-0.25, -0.2) is 0 Å². The highest BCUT2D eigenvalue weighted by molar-refractivity contribution is 6.28. The Hall–Kier alpha value is -3.32. The average molecular weight is 376 g/mol. The molecule has 0 aromatic heterocycles. The molecule has 0 radical (unpaired) electrons. The van der Waals surface area contributed by atoms with E-state index in [9.17, 15) is 0 Å². The molecule has 0 atom stereocenters. The van der Waals surface area contributed by atoms with Gasteiger partial charge < -0.3 is 5.32 Å². The predicted molar refractivity (Wildman–Crippen MR) is 127 cm³/mol. The van der Waals surface area contributed by atoms with E-state index in [0.717, 1.165) is 11.4 Å². The minimum absolute atomic E-state index is 0.160. The first-order chi connectivity index (χ1) is 14.0. The largest absolute Gasteiger partial charge is 0.355 e. The quantitative estimate of drug-likeness (QED) is 0.307. The summed E-state index contributed by atoms with van der Waals surface area (Å²) in [7, 11) is 0. The summed E-state index contributed by atoms with van der Waals surface area (Å²) >= 11 is 0. The molecule has 0 aliphatic rings. The lowest BCUT2D eigenvalue weighted by molar-refractivity contribution is 0.590. The first kappa shape index (κ1) is 17.8. The van der Waals surface area contributed by atoms with Gasteiger partial charge >= 0.3 is 0 Å². The van der Waals surface area contributed by atoms with Gasteiger partial charge in [0.15, 0.2) is 0 Å². The molecule has 1 N–H and O–H groups in total. The van der Waals surface area contributed by atoms with Crippen LogP contribution in [0.25, 0.3) is 32.3 Å². The molecule has 0 bridgehead atoms. The Bertz CT molecular complexity index is 1290. The minimum Gasteiger partial charge on any atom is -0.355 e. The molecule has 142 valence electrons. The normalized spacial score (nSPS) is 12.0. The van der Waals surface area contributed by atoms with Gasteiger partial charge in [-0.05, 0) is 56.1 Å². The topological polar surface area (TPSA) is 12.0 Å². The van der Waals surface area contributed by atoms with Crippen LogP contribution in [0.15, 0.2) is 91.0 Å². The summed E-state index contributed by atoms with van der Waals surface area (Å²) in [6, 6.07) is 32.8. The summed E-state index contributed by atoms with van der Waals surface area (Å²) in [4.78, 5) is 0. The number of hydrogen-bond donors (Lipinski definition) is 1. The zero-order valence-corrected chi connectivity index (χ0v) is 17.2. The van der Waals surface area contributed by atoms with Gasteiger partial charge in [0.2, 0.25) is 0 Å². The first-order valence-corrected chi connectivity index (χ1v) is 10.2. The van der Waals surface area contributed by atoms with Crippen LogP contribution in [0.5, 0.6) is 0 Å². The summed E-state index contributed by atoms with van der Waals surface area (Å²) < 4.78 is 0. The molecule has 0 amide bonds. The Morgan fingerprint density at radius 2 is 1.00 bits per heavy atom. The molecule has 1 nitrogen and oxygen atoms in total. The Morgan fingerprint density at radius 1 is 0.517 bits per heavy atom. The van der Waals surface area contributed by atoms with Crippen molar-refractivity contribution in [2.75, 3.05) is 5.32 Å². The van der Waals surface area contributed by atoms with E-state index in [-0.39, 0.29) is 5.41 Å². The number of rotatable bonds is 2. The van der Waals surface area contributed by atoms with Gasteiger partial charge in [0.25, 0.3) is 0 Å². The lowest BCUT2D eigenvalue weighted by Gasteiger charge is -2.20. The van der Waals surface area contributed by atoms with Gasteiger partial charge in [-0.1, -0.05) is 93.6 Å². The van der Waals surface area contributed by atoms with Crippen LogP contribution in [0, 0.1) is 0 Å². The second-order valence-electron chi connectivity index (χ2n) is 8.77. The van der Waals surface area contributed by atoms with Crippen LogP contribution in [-0.2, 0) is 5.41 Å². The van der Waals surface area contributed by atoms with E-state index in [2.05, 4.69) is 117 Å². The summed E-state index contributed by atoms with van der Waals surface area (Å²) in [6.07, 6.45) is 0. The summed E-state index contributed by atoms with van der Waals surface area (Å²) in [6.45, 7) is 6.74. The molecule has 0 heterocycles. The highest BCUT2D eigenvalue weighted by Gasteiger charge is 2.14. The van der Waals surface area contributed by atoms with Crippen molar-refractivity contribution in [1.82, 2.24) is 0 Å². The van der Waals surface area contributed by atoms with Crippen molar-refractivity contribution in [3.05, 3.63) is 96.6 Å². The van der Waals surface area contributed by atoms with Crippen LogP contribution in [0.1, 0.15) is 26.3 Å². The van der Waals surface area contributed by atoms with Crippen molar-refractivity contribution in [2.24, 2.45) is 0 Å². The molecule has 5 aromatic carbocycles. The highest BCUT2D eigenvalue weighted by atomic mass is 14.9. The molecule has 0 fully saturated rings. The molecule has 5 rings (SSSR count). The second-order valence-corrected chi connectivity index (χ2v) is 8.77. The second kappa shape index (κ2) is 6.63. The van der Waals surface area contributed by atoms with Crippen molar-refractivity contribution >= 4 is 43.7 Å². The molecule has 0 saturated carbocycles. The van der Waals surface area contributed by atoms with Crippen LogP contribution in [0.3, 0.4) is 0 Å². The Morgan fingerprint density at radius 3 is 1.55 bits per heavy atom. The number of nitrogens with one attached hydrogen (secondary N) is 1. The van der Waals surface area contributed by atoms with Gasteiger partial charge in [-0.2, -0.15) is 0 Å². The zero-order chi connectivity index (χ0) is 20.0. The van der Waals surface area contributed by atoms with Crippen molar-refractivity contribution in [3.8, 4) is 0 Å². The molecular weight excluding hydrogens is 350 g/mol. The minimum atomic E-state index is 0.160. The standard InChI is InChI=1S/C28H25N/c1-28(2,3)19-15-17-20(18-16-19)29-26-14-8-13-25-23-10-5-4-9-21(23)22-11-6-7-12-24(22)27(25)26/h4-18,29H,1-3H3. The van der Waals surface area contributed by atoms with Crippen molar-refractivity contribution in [1.29, 1.82) is 0 Å². The van der Waals surface area contributed by atoms with E-state index in [1.807, 2.05) is 0 Å². The van der Waals surface area contributed by atoms with Crippen molar-refractivity contribution in [2.45, 2.75) is 26.2 Å². The lowest BCUT2D eigenvalue weighted by atomic mass is 9.87. The van der Waals surface area contributed by atoms with Crippen molar-refractivity contribution in [3.63, 3.8) is 0 Å². The summed E-state index contributed by atoms with van der Waals surface area (Å²) in [5, 5.41) is 11.4. The van der Waals surface area contributed by atoms with Crippen LogP contribution in [0.2, 0.25) is 0 Å². The molecule has 0 unspecified atom stereocenters. The maximum absolute atomic E-state index is 3.68. The highest BCUT2D eigenvalue weighted by Crippen LogP contribution is 2.39. The fraction of sp³-hybridized carbons (Fsp3) is 0.143. The number of benzene rings is 5. The van der Waals surface area contributed by atoms with Crippen LogP contribution < -0.4 is 5.32 Å². The van der Waals surface area contributed by atoms with Gasteiger partial charge in [0, 0.05) is 16.8 Å². The monoisotopic (exact) mass is 375 g/mol. The first-order valence-electron chi connectivity index (χ1n) is 10.2. The smallest absolute Gasteiger partial charge is 0.0470 e. The molecule has 0 spiro atoms. The van der Waals surface area contributed by atoms with Crippen LogP contribution in [-0.4, -0.2) is 0 Å². The average Bonchev–Trinajstić information content (AvgIpc) is 2.74. The maximum Gasteiger partial charge on any atom is 0.0470 e. The third kappa shape index (κ3) is 3.03. The van der Waals surface area contributed by atoms with E-state index in [0.29, 0.717) is 0 Å². The molecule has 0 saturated heterocycles. The van der Waals surface area contributed by atoms with E-state index >= 15 is 0 Å². The molecule has 1 heteroatoms. The predicted octanol–water partition coefficient (Wildman–Crippen LogP) is 8.19. The van der Waals surface area contributed by atoms with E-state index in [1.165, 1.54) is 37.9 Å². The van der Waals surface area contributed by atoms with Crippen LogP contribution >= 0.6 is 0 Å². The SMILES string of the molecule is CC(C)(C)c1ccc(Nc2cccc3c4ccccc4c4ccccc4c23)cc1. The molecule has 29 heavy (non-hydrogen) atoms. The van der Waals surface area contributed by atoms with E-state index in [4.69, 9.17) is 0 Å².